The van der Waals surface area contributed by atoms with Crippen LogP contribution in [-0.2, 0) is 22.6 Å². The molecule has 1 fully saturated rings. The number of hydrogen-bond donors (Lipinski definition) is 2. The highest BCUT2D eigenvalue weighted by atomic mass is 16.2. The Morgan fingerprint density at radius 3 is 2.62 bits per heavy atom. The lowest BCUT2D eigenvalue weighted by molar-refractivity contribution is -0.128. The average molecular weight is 329 g/mol. The number of hydrogen-bond acceptors (Lipinski definition) is 3. The predicted molar refractivity (Wildman–Crippen MR) is 93.1 cm³/mol. The van der Waals surface area contributed by atoms with Crippen LogP contribution >= 0.6 is 0 Å². The number of nitrogens with two attached hydrogens (primary N) is 1. The highest BCUT2D eigenvalue weighted by molar-refractivity contribution is 5.83. The summed E-state index contributed by atoms with van der Waals surface area (Å²) in [6.07, 6.45) is 5.23. The maximum Gasteiger partial charge on any atom is 0.235 e. The summed E-state index contributed by atoms with van der Waals surface area (Å²) < 4.78 is 0. The molecule has 24 heavy (non-hydrogen) atoms. The van der Waals surface area contributed by atoms with Gasteiger partial charge in [-0.15, -0.1) is 0 Å². The SMILES string of the molecule is CC1CCCCC1NC(=O)CN1Cc2ccccc2C[C@H]1C(N)=O. The molecule has 1 aliphatic carbocycles. The zero-order valence-corrected chi connectivity index (χ0v) is 14.3. The summed E-state index contributed by atoms with van der Waals surface area (Å²) in [7, 11) is 0. The van der Waals surface area contributed by atoms with Crippen LogP contribution in [0.4, 0.5) is 0 Å². The molecule has 0 bridgehead atoms. The van der Waals surface area contributed by atoms with E-state index in [-0.39, 0.29) is 24.4 Å². The molecule has 1 aromatic rings. The Bertz CT molecular complexity index is 616. The molecule has 0 aromatic heterocycles. The number of nitrogens with one attached hydrogen (secondary N) is 1. The van der Waals surface area contributed by atoms with E-state index in [1.165, 1.54) is 24.8 Å². The van der Waals surface area contributed by atoms with E-state index in [0.717, 1.165) is 12.0 Å². The van der Waals surface area contributed by atoms with Crippen molar-refractivity contribution in [1.82, 2.24) is 10.2 Å². The maximum atomic E-state index is 12.5. The van der Waals surface area contributed by atoms with Crippen LogP contribution in [0, 0.1) is 5.92 Å². The van der Waals surface area contributed by atoms with Crippen molar-refractivity contribution in [3.63, 3.8) is 0 Å². The number of benzene rings is 1. The molecular weight excluding hydrogens is 302 g/mol. The third-order valence-electron chi connectivity index (χ3n) is 5.48. The molecule has 0 spiro atoms. The van der Waals surface area contributed by atoms with Gasteiger partial charge in [0.1, 0.15) is 0 Å². The molecule has 1 aliphatic heterocycles. The van der Waals surface area contributed by atoms with Gasteiger partial charge in [-0.05, 0) is 36.3 Å². The Hall–Kier alpha value is -1.88. The summed E-state index contributed by atoms with van der Waals surface area (Å²) in [5.74, 6) is 0.166. The summed E-state index contributed by atoms with van der Waals surface area (Å²) in [5.41, 5.74) is 7.91. The largest absolute Gasteiger partial charge is 0.368 e. The Morgan fingerprint density at radius 1 is 1.21 bits per heavy atom. The number of primary amides is 1. The zero-order valence-electron chi connectivity index (χ0n) is 14.3. The molecule has 3 N–H and O–H groups in total. The number of carbonyl (C=O) groups is 2. The predicted octanol–water partition coefficient (Wildman–Crippen LogP) is 1.59. The van der Waals surface area contributed by atoms with Crippen molar-refractivity contribution in [3.05, 3.63) is 35.4 Å². The van der Waals surface area contributed by atoms with Gasteiger partial charge >= 0.3 is 0 Å². The molecular formula is C19H27N3O2. The van der Waals surface area contributed by atoms with E-state index in [1.54, 1.807) is 0 Å². The van der Waals surface area contributed by atoms with Gasteiger partial charge < -0.3 is 11.1 Å². The van der Waals surface area contributed by atoms with Crippen LogP contribution in [0.1, 0.15) is 43.7 Å². The normalized spacial score (nSPS) is 27.3. The molecule has 1 saturated carbocycles. The number of carbonyl (C=O) groups excluding carboxylic acids is 2. The van der Waals surface area contributed by atoms with Gasteiger partial charge in [0.2, 0.25) is 11.8 Å². The fourth-order valence-electron chi connectivity index (χ4n) is 3.99. The van der Waals surface area contributed by atoms with Crippen LogP contribution in [0.25, 0.3) is 0 Å². The number of nitrogens with zero attached hydrogens (tertiary/aromatic N) is 1. The van der Waals surface area contributed by atoms with Gasteiger partial charge in [-0.2, -0.15) is 0 Å². The quantitative estimate of drug-likeness (QED) is 0.881. The minimum absolute atomic E-state index is 0.000573. The molecule has 0 saturated heterocycles. The highest BCUT2D eigenvalue weighted by Gasteiger charge is 2.32. The van der Waals surface area contributed by atoms with Gasteiger partial charge in [0, 0.05) is 12.6 Å². The van der Waals surface area contributed by atoms with Crippen LogP contribution in [-0.4, -0.2) is 35.3 Å². The molecule has 3 rings (SSSR count). The second-order valence-corrected chi connectivity index (χ2v) is 7.23. The van der Waals surface area contributed by atoms with E-state index >= 15 is 0 Å². The van der Waals surface area contributed by atoms with Gasteiger partial charge in [-0.1, -0.05) is 44.0 Å². The molecule has 0 radical (unpaired) electrons. The molecule has 5 heteroatoms. The molecule has 3 atom stereocenters. The van der Waals surface area contributed by atoms with Gasteiger partial charge in [-0.3, -0.25) is 14.5 Å². The van der Waals surface area contributed by atoms with Crippen molar-refractivity contribution in [1.29, 1.82) is 0 Å². The molecule has 1 heterocycles. The molecule has 2 aliphatic rings. The van der Waals surface area contributed by atoms with Gasteiger partial charge in [0.25, 0.3) is 0 Å². The number of amides is 2. The number of rotatable bonds is 4. The lowest BCUT2D eigenvalue weighted by Gasteiger charge is -2.35. The van der Waals surface area contributed by atoms with E-state index in [9.17, 15) is 9.59 Å². The maximum absolute atomic E-state index is 12.5. The van der Waals surface area contributed by atoms with Crippen LogP contribution in [0.2, 0.25) is 0 Å². The first-order valence-corrected chi connectivity index (χ1v) is 8.94. The van der Waals surface area contributed by atoms with Crippen molar-refractivity contribution in [2.24, 2.45) is 11.7 Å². The van der Waals surface area contributed by atoms with E-state index in [4.69, 9.17) is 5.73 Å². The molecule has 5 nitrogen and oxygen atoms in total. The Balaban J connectivity index is 1.66. The Labute approximate surface area is 143 Å². The summed E-state index contributed by atoms with van der Waals surface area (Å²) in [5, 5.41) is 3.17. The molecule has 2 amide bonds. The van der Waals surface area contributed by atoms with E-state index < -0.39 is 6.04 Å². The standard InChI is InChI=1S/C19H27N3O2/c1-13-6-2-5-9-16(13)21-18(23)12-22-11-15-8-4-3-7-14(15)10-17(22)19(20)24/h3-4,7-8,13,16-17H,2,5-6,9-12H2,1H3,(H2,20,24)(H,21,23)/t13?,16?,17-/m0/s1. The van der Waals surface area contributed by atoms with Crippen LogP contribution in [0.3, 0.4) is 0 Å². The van der Waals surface area contributed by atoms with Crippen molar-refractivity contribution in [3.8, 4) is 0 Å². The summed E-state index contributed by atoms with van der Waals surface area (Å²) in [4.78, 5) is 26.3. The third-order valence-corrected chi connectivity index (χ3v) is 5.48. The first-order chi connectivity index (χ1) is 11.5. The van der Waals surface area contributed by atoms with Gasteiger partial charge in [0.05, 0.1) is 12.6 Å². The molecule has 130 valence electrons. The monoisotopic (exact) mass is 329 g/mol. The number of fused-ring (bicyclic) bond motifs is 1. The summed E-state index contributed by atoms with van der Waals surface area (Å²) >= 11 is 0. The first-order valence-electron chi connectivity index (χ1n) is 8.94. The lowest BCUT2D eigenvalue weighted by Crippen LogP contribution is -2.53. The average Bonchev–Trinajstić information content (AvgIpc) is 2.56. The smallest absolute Gasteiger partial charge is 0.235 e. The van der Waals surface area contributed by atoms with Crippen LogP contribution in [0.15, 0.2) is 24.3 Å². The topological polar surface area (TPSA) is 75.4 Å². The molecule has 1 aromatic carbocycles. The summed E-state index contributed by atoms with van der Waals surface area (Å²) in [6.45, 7) is 3.02. The minimum Gasteiger partial charge on any atom is -0.368 e. The fourth-order valence-corrected chi connectivity index (χ4v) is 3.99. The van der Waals surface area contributed by atoms with Gasteiger partial charge in [-0.25, -0.2) is 0 Å². The van der Waals surface area contributed by atoms with E-state index in [2.05, 4.69) is 18.3 Å². The van der Waals surface area contributed by atoms with Crippen LogP contribution in [0.5, 0.6) is 0 Å². The van der Waals surface area contributed by atoms with Crippen LogP contribution < -0.4 is 11.1 Å². The highest BCUT2D eigenvalue weighted by Crippen LogP contribution is 2.25. The Kier molecular flexibility index (Phi) is 5.19. The third kappa shape index (κ3) is 3.78. The second-order valence-electron chi connectivity index (χ2n) is 7.23. The van der Waals surface area contributed by atoms with E-state index in [1.807, 2.05) is 23.1 Å². The Morgan fingerprint density at radius 2 is 1.92 bits per heavy atom. The van der Waals surface area contributed by atoms with Crippen molar-refractivity contribution >= 4 is 11.8 Å². The molecule has 2 unspecified atom stereocenters. The van der Waals surface area contributed by atoms with Crippen molar-refractivity contribution < 1.29 is 9.59 Å². The van der Waals surface area contributed by atoms with Crippen molar-refractivity contribution in [2.75, 3.05) is 6.54 Å². The zero-order chi connectivity index (χ0) is 17.1. The van der Waals surface area contributed by atoms with Gasteiger partial charge in [0.15, 0.2) is 0 Å². The minimum atomic E-state index is -0.408. The lowest BCUT2D eigenvalue weighted by atomic mass is 9.86. The van der Waals surface area contributed by atoms with Crippen molar-refractivity contribution in [2.45, 2.75) is 57.7 Å². The summed E-state index contributed by atoms with van der Waals surface area (Å²) in [6, 6.07) is 7.91. The fraction of sp³-hybridized carbons (Fsp3) is 0.579. The first kappa shape index (κ1) is 17.0. The van der Waals surface area contributed by atoms with E-state index in [0.29, 0.717) is 18.9 Å². The second kappa shape index (κ2) is 7.34.